The Morgan fingerprint density at radius 1 is 1.25 bits per heavy atom. The molecule has 0 unspecified atom stereocenters. The normalized spacial score (nSPS) is 17.2. The van der Waals surface area contributed by atoms with Crippen molar-refractivity contribution < 1.29 is 4.79 Å². The number of amides is 1. The first kappa shape index (κ1) is 17.0. The first-order chi connectivity index (χ1) is 11.7. The molecule has 1 aromatic heterocycles. The van der Waals surface area contributed by atoms with E-state index in [0.29, 0.717) is 12.3 Å². The van der Waals surface area contributed by atoms with Gasteiger partial charge in [-0.1, -0.05) is 24.3 Å². The van der Waals surface area contributed by atoms with Crippen LogP contribution in [0.2, 0.25) is 0 Å². The average molecular weight is 343 g/mol. The number of hydrogen-bond donors (Lipinski definition) is 0. The van der Waals surface area contributed by atoms with Crippen LogP contribution in [0, 0.1) is 5.92 Å². The van der Waals surface area contributed by atoms with Crippen LogP contribution in [0.25, 0.3) is 0 Å². The summed E-state index contributed by atoms with van der Waals surface area (Å²) in [4.78, 5) is 18.1. The maximum absolute atomic E-state index is 12.3. The maximum atomic E-state index is 12.3. The van der Waals surface area contributed by atoms with E-state index in [1.165, 1.54) is 17.0 Å². The van der Waals surface area contributed by atoms with Gasteiger partial charge in [0.05, 0.1) is 0 Å². The molecule has 0 bridgehead atoms. The molecule has 128 valence electrons. The number of aryl methyl sites for hydroxylation is 1. The topological polar surface area (TPSA) is 23.6 Å². The van der Waals surface area contributed by atoms with Crippen LogP contribution in [0.15, 0.2) is 47.8 Å². The van der Waals surface area contributed by atoms with E-state index in [0.717, 1.165) is 32.5 Å². The van der Waals surface area contributed by atoms with Crippen molar-refractivity contribution in [3.8, 4) is 0 Å². The van der Waals surface area contributed by atoms with Crippen LogP contribution in [0.4, 0.5) is 5.69 Å². The van der Waals surface area contributed by atoms with E-state index in [1.54, 1.807) is 11.3 Å². The number of hydrogen-bond acceptors (Lipinski definition) is 3. The summed E-state index contributed by atoms with van der Waals surface area (Å²) < 4.78 is 0. The fourth-order valence-electron chi connectivity index (χ4n) is 3.40. The van der Waals surface area contributed by atoms with Gasteiger partial charge >= 0.3 is 0 Å². The van der Waals surface area contributed by atoms with Crippen molar-refractivity contribution in [2.24, 2.45) is 5.92 Å². The van der Waals surface area contributed by atoms with Crippen LogP contribution in [0.1, 0.15) is 24.1 Å². The Morgan fingerprint density at radius 2 is 2.08 bits per heavy atom. The average Bonchev–Trinajstić information content (AvgIpc) is 3.27. The molecule has 1 atom stereocenters. The molecule has 3 rings (SSSR count). The highest BCUT2D eigenvalue weighted by molar-refractivity contribution is 7.09. The van der Waals surface area contributed by atoms with E-state index in [4.69, 9.17) is 0 Å². The van der Waals surface area contributed by atoms with Gasteiger partial charge in [-0.05, 0) is 48.8 Å². The van der Waals surface area contributed by atoms with Crippen molar-refractivity contribution in [1.29, 1.82) is 0 Å². The van der Waals surface area contributed by atoms with Gasteiger partial charge in [-0.15, -0.1) is 11.3 Å². The third-order valence-electron chi connectivity index (χ3n) is 4.76. The van der Waals surface area contributed by atoms with Gasteiger partial charge in [-0.25, -0.2) is 0 Å². The van der Waals surface area contributed by atoms with E-state index in [9.17, 15) is 4.79 Å². The Labute approximate surface area is 148 Å². The summed E-state index contributed by atoms with van der Waals surface area (Å²) in [5.41, 5.74) is 1.30. The Hall–Kier alpha value is -1.81. The van der Waals surface area contributed by atoms with Crippen LogP contribution in [0.3, 0.4) is 0 Å². The Bertz CT molecular complexity index is 626. The van der Waals surface area contributed by atoms with Crippen molar-refractivity contribution in [1.82, 2.24) is 4.90 Å². The summed E-state index contributed by atoms with van der Waals surface area (Å²) in [6.07, 6.45) is 3.79. The molecular weight excluding hydrogens is 316 g/mol. The molecule has 1 amide bonds. The minimum absolute atomic E-state index is 0.282. The smallest absolute Gasteiger partial charge is 0.222 e. The van der Waals surface area contributed by atoms with Crippen LogP contribution in [-0.2, 0) is 11.2 Å². The summed E-state index contributed by atoms with van der Waals surface area (Å²) in [6.45, 7) is 3.02. The number of carbonyl (C=O) groups is 1. The quantitative estimate of drug-likeness (QED) is 0.758. The molecule has 1 aromatic carbocycles. The summed E-state index contributed by atoms with van der Waals surface area (Å²) in [7, 11) is 1.96. The van der Waals surface area contributed by atoms with E-state index in [-0.39, 0.29) is 5.91 Å². The van der Waals surface area contributed by atoms with Crippen LogP contribution >= 0.6 is 11.3 Å². The van der Waals surface area contributed by atoms with Crippen molar-refractivity contribution in [2.75, 3.05) is 31.6 Å². The Kier molecular flexibility index (Phi) is 5.91. The number of thiophene rings is 1. The first-order valence-corrected chi connectivity index (χ1v) is 9.66. The van der Waals surface area contributed by atoms with E-state index in [2.05, 4.69) is 52.7 Å². The number of para-hydroxylation sites is 1. The predicted molar refractivity (Wildman–Crippen MR) is 102 cm³/mol. The molecule has 24 heavy (non-hydrogen) atoms. The SMILES string of the molecule is CN(C[C@@H]1CCN(c2ccccc2)C1)C(=O)CCCc1cccs1. The molecule has 1 aliphatic rings. The summed E-state index contributed by atoms with van der Waals surface area (Å²) in [5, 5.41) is 2.10. The third-order valence-corrected chi connectivity index (χ3v) is 5.70. The molecule has 1 aliphatic heterocycles. The fraction of sp³-hybridized carbons (Fsp3) is 0.450. The van der Waals surface area contributed by atoms with Crippen LogP contribution in [0.5, 0.6) is 0 Å². The van der Waals surface area contributed by atoms with Gasteiger partial charge in [-0.2, -0.15) is 0 Å². The maximum Gasteiger partial charge on any atom is 0.222 e. The Balaban J connectivity index is 1.40. The third kappa shape index (κ3) is 4.60. The second-order valence-corrected chi connectivity index (χ2v) is 7.68. The largest absolute Gasteiger partial charge is 0.371 e. The number of rotatable bonds is 7. The summed E-state index contributed by atoms with van der Waals surface area (Å²) in [6, 6.07) is 14.8. The van der Waals surface area contributed by atoms with Crippen molar-refractivity contribution >= 4 is 22.9 Å². The summed E-state index contributed by atoms with van der Waals surface area (Å²) >= 11 is 1.78. The molecule has 3 nitrogen and oxygen atoms in total. The zero-order chi connectivity index (χ0) is 16.8. The number of nitrogens with zero attached hydrogens (tertiary/aromatic N) is 2. The molecule has 0 spiro atoms. The lowest BCUT2D eigenvalue weighted by Crippen LogP contribution is -2.33. The second-order valence-electron chi connectivity index (χ2n) is 6.64. The molecule has 0 radical (unpaired) electrons. The van der Waals surface area contributed by atoms with Gasteiger partial charge in [0, 0.05) is 43.7 Å². The van der Waals surface area contributed by atoms with Crippen molar-refractivity contribution in [3.63, 3.8) is 0 Å². The van der Waals surface area contributed by atoms with Gasteiger partial charge in [0.1, 0.15) is 0 Å². The molecule has 4 heteroatoms. The highest BCUT2D eigenvalue weighted by Crippen LogP contribution is 2.24. The van der Waals surface area contributed by atoms with Gasteiger partial charge < -0.3 is 9.80 Å². The molecule has 2 aromatic rings. The van der Waals surface area contributed by atoms with Crippen LogP contribution < -0.4 is 4.90 Å². The fourth-order valence-corrected chi connectivity index (χ4v) is 4.15. The minimum atomic E-state index is 0.282. The molecular formula is C20H26N2OS. The lowest BCUT2D eigenvalue weighted by Gasteiger charge is -2.22. The molecule has 1 fully saturated rings. The Morgan fingerprint density at radius 3 is 2.83 bits per heavy atom. The van der Waals surface area contributed by atoms with Crippen molar-refractivity contribution in [2.45, 2.75) is 25.7 Å². The monoisotopic (exact) mass is 342 g/mol. The first-order valence-electron chi connectivity index (χ1n) is 8.78. The molecule has 0 N–H and O–H groups in total. The number of benzene rings is 1. The van der Waals surface area contributed by atoms with E-state index < -0.39 is 0 Å². The second kappa shape index (κ2) is 8.34. The molecule has 2 heterocycles. The van der Waals surface area contributed by atoms with Crippen molar-refractivity contribution in [3.05, 3.63) is 52.7 Å². The predicted octanol–water partition coefficient (Wildman–Crippen LogP) is 4.06. The minimum Gasteiger partial charge on any atom is -0.371 e. The highest BCUT2D eigenvalue weighted by Gasteiger charge is 2.24. The molecule has 1 saturated heterocycles. The van der Waals surface area contributed by atoms with Gasteiger partial charge in [0.2, 0.25) is 5.91 Å². The van der Waals surface area contributed by atoms with Gasteiger partial charge in [-0.3, -0.25) is 4.79 Å². The van der Waals surface area contributed by atoms with Crippen LogP contribution in [-0.4, -0.2) is 37.5 Å². The zero-order valence-corrected chi connectivity index (χ0v) is 15.2. The van der Waals surface area contributed by atoms with E-state index in [1.807, 2.05) is 11.9 Å². The van der Waals surface area contributed by atoms with Gasteiger partial charge in [0.15, 0.2) is 0 Å². The van der Waals surface area contributed by atoms with E-state index >= 15 is 0 Å². The lowest BCUT2D eigenvalue weighted by atomic mass is 10.1. The molecule has 0 saturated carbocycles. The lowest BCUT2D eigenvalue weighted by molar-refractivity contribution is -0.130. The summed E-state index contributed by atoms with van der Waals surface area (Å²) in [5.74, 6) is 0.862. The highest BCUT2D eigenvalue weighted by atomic mass is 32.1. The molecule has 0 aliphatic carbocycles. The standard InChI is InChI=1S/C20H26N2OS/c1-21(20(23)11-5-9-19-10-6-14-24-19)15-17-12-13-22(16-17)18-7-3-2-4-8-18/h2-4,6-8,10,14,17H,5,9,11-13,15-16H2,1H3/t17-/m0/s1. The zero-order valence-electron chi connectivity index (χ0n) is 14.4. The number of carbonyl (C=O) groups excluding carboxylic acids is 1. The van der Waals surface area contributed by atoms with Gasteiger partial charge in [0.25, 0.3) is 0 Å². The number of anilines is 1.